The van der Waals surface area contributed by atoms with Crippen molar-refractivity contribution in [1.29, 1.82) is 0 Å². The molecule has 0 bridgehead atoms. The Morgan fingerprint density at radius 1 is 1.00 bits per heavy atom. The van der Waals surface area contributed by atoms with Crippen molar-refractivity contribution in [2.24, 2.45) is 0 Å². The molecule has 0 aliphatic heterocycles. The van der Waals surface area contributed by atoms with Gasteiger partial charge in [0, 0.05) is 13.5 Å². The summed E-state index contributed by atoms with van der Waals surface area (Å²) in [6.45, 7) is 3.91. The summed E-state index contributed by atoms with van der Waals surface area (Å²) in [5, 5.41) is 2.75. The molecule has 1 aliphatic carbocycles. The predicted octanol–water partition coefficient (Wildman–Crippen LogP) is 2.16. The zero-order valence-corrected chi connectivity index (χ0v) is 15.0. The van der Waals surface area contributed by atoms with Crippen LogP contribution in [-0.2, 0) is 22.3 Å². The van der Waals surface area contributed by atoms with Crippen LogP contribution in [0.25, 0.3) is 5.69 Å². The summed E-state index contributed by atoms with van der Waals surface area (Å²) in [4.78, 5) is 25.8. The molecule has 0 fully saturated rings. The molecule has 134 valence electrons. The van der Waals surface area contributed by atoms with Crippen LogP contribution in [0.2, 0.25) is 0 Å². The van der Waals surface area contributed by atoms with Gasteiger partial charge in [0.1, 0.15) is 11.1 Å². The van der Waals surface area contributed by atoms with Crippen LogP contribution in [0.1, 0.15) is 25.0 Å². The zero-order chi connectivity index (χ0) is 18.5. The van der Waals surface area contributed by atoms with Crippen molar-refractivity contribution < 1.29 is 4.74 Å². The van der Waals surface area contributed by atoms with E-state index in [1.807, 2.05) is 44.2 Å². The number of ether oxygens (including phenoxy) is 1. The lowest BCUT2D eigenvalue weighted by Crippen LogP contribution is -2.52. The second-order valence-corrected chi connectivity index (χ2v) is 7.05. The minimum Gasteiger partial charge on any atom is -0.371 e. The first-order valence-electron chi connectivity index (χ1n) is 8.56. The molecule has 1 aromatic heterocycles. The van der Waals surface area contributed by atoms with Crippen LogP contribution < -0.4 is 11.4 Å². The van der Waals surface area contributed by atoms with Crippen LogP contribution in [0.4, 0.5) is 0 Å². The molecule has 6 heteroatoms. The highest BCUT2D eigenvalue weighted by Gasteiger charge is 2.55. The maximum absolute atomic E-state index is 13.2. The number of fused-ring (bicyclic) bond motifs is 1. The quantitative estimate of drug-likeness (QED) is 0.786. The molecule has 1 aliphatic rings. The minimum atomic E-state index is -0.762. The van der Waals surface area contributed by atoms with Gasteiger partial charge in [-0.25, -0.2) is 23.9 Å². The van der Waals surface area contributed by atoms with Crippen molar-refractivity contribution in [3.05, 3.63) is 86.7 Å². The minimum absolute atomic E-state index is 0.403. The van der Waals surface area contributed by atoms with E-state index in [-0.39, 0.29) is 0 Å². The fraction of sp³-hybridized carbons (Fsp3) is 0.300. The number of para-hydroxylation sites is 1. The largest absolute Gasteiger partial charge is 0.371 e. The Kier molecular flexibility index (Phi) is 3.56. The lowest BCUT2D eigenvalue weighted by molar-refractivity contribution is -0.0859. The Labute approximate surface area is 150 Å². The van der Waals surface area contributed by atoms with Crippen molar-refractivity contribution in [1.82, 2.24) is 14.3 Å². The molecule has 2 aromatic carbocycles. The van der Waals surface area contributed by atoms with E-state index in [4.69, 9.17) is 4.74 Å². The van der Waals surface area contributed by atoms with Gasteiger partial charge in [-0.3, -0.25) is 0 Å². The first kappa shape index (κ1) is 16.6. The summed E-state index contributed by atoms with van der Waals surface area (Å²) in [5.41, 5.74) is 0.304. The molecule has 0 saturated heterocycles. The van der Waals surface area contributed by atoms with Crippen molar-refractivity contribution in [3.63, 3.8) is 0 Å². The Morgan fingerprint density at radius 2 is 1.65 bits per heavy atom. The molecule has 1 heterocycles. The number of methoxy groups -OCH3 is 1. The van der Waals surface area contributed by atoms with Gasteiger partial charge in [-0.1, -0.05) is 42.5 Å². The molecule has 3 aromatic rings. The van der Waals surface area contributed by atoms with E-state index in [2.05, 4.69) is 5.10 Å². The van der Waals surface area contributed by atoms with Gasteiger partial charge in [-0.05, 0) is 37.1 Å². The molecule has 0 unspecified atom stereocenters. The number of hydrogen-bond donors (Lipinski definition) is 1. The number of nitrogens with zero attached hydrogens (tertiary/aromatic N) is 2. The number of H-pyrrole nitrogens is 1. The monoisotopic (exact) mass is 351 g/mol. The average Bonchev–Trinajstić information content (AvgIpc) is 3.08. The Balaban J connectivity index is 1.95. The highest BCUT2D eigenvalue weighted by atomic mass is 16.5. The third kappa shape index (κ3) is 2.02. The average molecular weight is 351 g/mol. The number of aromatic amines is 1. The summed E-state index contributed by atoms with van der Waals surface area (Å²) >= 11 is 0. The van der Waals surface area contributed by atoms with Crippen molar-refractivity contribution in [3.8, 4) is 5.69 Å². The second kappa shape index (κ2) is 5.57. The normalized spacial score (nSPS) is 24.6. The number of rotatable bonds is 3. The first-order chi connectivity index (χ1) is 12.4. The molecule has 0 amide bonds. The molecule has 0 saturated carbocycles. The summed E-state index contributed by atoms with van der Waals surface area (Å²) in [5.74, 6) is 0. The van der Waals surface area contributed by atoms with E-state index < -0.39 is 22.5 Å². The molecular weight excluding hydrogens is 330 g/mol. The first-order valence-corrected chi connectivity index (χ1v) is 8.56. The van der Waals surface area contributed by atoms with Crippen molar-refractivity contribution >= 4 is 0 Å². The molecule has 4 rings (SSSR count). The van der Waals surface area contributed by atoms with E-state index in [0.717, 1.165) is 15.7 Å². The van der Waals surface area contributed by atoms with Gasteiger partial charge in [-0.15, -0.1) is 0 Å². The SMILES string of the molecule is CO[C@@]1(C)c2ccccc2C[C@]1(C)n1[nH]c(=O)n(-c2ccccc2)c1=O. The van der Waals surface area contributed by atoms with E-state index >= 15 is 0 Å². The fourth-order valence-electron chi connectivity index (χ4n) is 4.11. The zero-order valence-electron chi connectivity index (χ0n) is 15.0. The summed E-state index contributed by atoms with van der Waals surface area (Å²) in [6.07, 6.45) is 0.585. The smallest absolute Gasteiger partial charge is 0.352 e. The van der Waals surface area contributed by atoms with Gasteiger partial charge in [0.05, 0.1) is 5.69 Å². The number of nitrogens with one attached hydrogen (secondary N) is 1. The Hall–Kier alpha value is -2.86. The Morgan fingerprint density at radius 3 is 2.35 bits per heavy atom. The van der Waals surface area contributed by atoms with Crippen molar-refractivity contribution in [2.75, 3.05) is 7.11 Å². The third-order valence-electron chi connectivity index (χ3n) is 5.80. The summed E-state index contributed by atoms with van der Waals surface area (Å²) in [6, 6.07) is 16.9. The summed E-state index contributed by atoms with van der Waals surface area (Å²) in [7, 11) is 1.64. The lowest BCUT2D eigenvalue weighted by Gasteiger charge is -2.40. The Bertz CT molecular complexity index is 1080. The summed E-state index contributed by atoms with van der Waals surface area (Å²) < 4.78 is 8.49. The van der Waals surface area contributed by atoms with Crippen LogP contribution in [-0.4, -0.2) is 21.5 Å². The van der Waals surface area contributed by atoms with Crippen LogP contribution in [0, 0.1) is 0 Å². The van der Waals surface area contributed by atoms with E-state index in [0.29, 0.717) is 12.1 Å². The maximum Gasteiger partial charge on any atom is 0.352 e. The predicted molar refractivity (Wildman–Crippen MR) is 98.8 cm³/mol. The van der Waals surface area contributed by atoms with Crippen LogP contribution in [0.15, 0.2) is 64.2 Å². The number of aromatic nitrogens is 3. The van der Waals surface area contributed by atoms with Crippen LogP contribution in [0.5, 0.6) is 0 Å². The maximum atomic E-state index is 13.2. The standard InChI is InChI=1S/C20H21N3O3/c1-19(13-14-9-7-8-12-16(14)20(19,2)26-3)23-18(25)22(17(24)21-23)15-10-5-4-6-11-15/h4-12H,13H2,1-3H3,(H,21,24)/t19-,20-/m0/s1. The molecule has 2 atom stereocenters. The molecule has 1 N–H and O–H groups in total. The third-order valence-corrected chi connectivity index (χ3v) is 5.80. The van der Waals surface area contributed by atoms with E-state index in [9.17, 15) is 9.59 Å². The van der Waals surface area contributed by atoms with Gasteiger partial charge in [-0.2, -0.15) is 0 Å². The molecule has 26 heavy (non-hydrogen) atoms. The van der Waals surface area contributed by atoms with Gasteiger partial charge in [0.25, 0.3) is 0 Å². The number of hydrogen-bond acceptors (Lipinski definition) is 3. The molecule has 6 nitrogen and oxygen atoms in total. The van der Waals surface area contributed by atoms with Gasteiger partial charge < -0.3 is 4.74 Å². The molecular formula is C20H21N3O3. The molecule has 0 radical (unpaired) electrons. The molecule has 0 spiro atoms. The van der Waals surface area contributed by atoms with Crippen molar-refractivity contribution in [2.45, 2.75) is 31.4 Å². The second-order valence-electron chi connectivity index (χ2n) is 7.05. The topological polar surface area (TPSA) is 69.0 Å². The van der Waals surface area contributed by atoms with Crippen LogP contribution >= 0.6 is 0 Å². The van der Waals surface area contributed by atoms with Gasteiger partial charge >= 0.3 is 11.4 Å². The fourth-order valence-corrected chi connectivity index (χ4v) is 4.11. The van der Waals surface area contributed by atoms with E-state index in [1.54, 1.807) is 31.4 Å². The highest BCUT2D eigenvalue weighted by Crippen LogP contribution is 2.49. The highest BCUT2D eigenvalue weighted by molar-refractivity contribution is 5.42. The lowest BCUT2D eigenvalue weighted by atomic mass is 9.83. The number of benzene rings is 2. The van der Waals surface area contributed by atoms with E-state index in [1.165, 1.54) is 4.68 Å². The van der Waals surface area contributed by atoms with Gasteiger partial charge in [0.2, 0.25) is 0 Å². The van der Waals surface area contributed by atoms with Gasteiger partial charge in [0.15, 0.2) is 0 Å². The van der Waals surface area contributed by atoms with Crippen LogP contribution in [0.3, 0.4) is 0 Å².